The van der Waals surface area contributed by atoms with Crippen LogP contribution in [0.5, 0.6) is 0 Å². The Morgan fingerprint density at radius 3 is 1.70 bits per heavy atom. The first-order valence-electron chi connectivity index (χ1n) is 6.45. The Labute approximate surface area is 134 Å². The average molecular weight is 311 g/mol. The predicted molar refractivity (Wildman–Crippen MR) is 84.2 cm³/mol. The minimum atomic E-state index is -0.500. The SMILES string of the molecule is C.O=C1C=C(c2ccccn2)[NH2+]C(c2ccccn2)=C1.O=C[O-]. The number of carbonyl (C=O) groups excluding carboxylic acids is 2. The van der Waals surface area contributed by atoms with Crippen LogP contribution >= 0.6 is 0 Å². The molecule has 2 aromatic rings. The van der Waals surface area contributed by atoms with Crippen LogP contribution in [-0.2, 0) is 9.59 Å². The van der Waals surface area contributed by atoms with Crippen molar-refractivity contribution in [2.75, 3.05) is 0 Å². The Bertz CT molecular complexity index is 653. The van der Waals surface area contributed by atoms with E-state index in [0.717, 1.165) is 22.8 Å². The molecule has 0 aliphatic carbocycles. The van der Waals surface area contributed by atoms with Crippen LogP contribution in [0.4, 0.5) is 0 Å². The zero-order chi connectivity index (χ0) is 15.8. The fourth-order valence-electron chi connectivity index (χ4n) is 1.96. The van der Waals surface area contributed by atoms with Crippen LogP contribution in [-0.4, -0.2) is 22.2 Å². The molecule has 6 heteroatoms. The van der Waals surface area contributed by atoms with Gasteiger partial charge in [0.15, 0.2) is 17.2 Å². The lowest BCUT2D eigenvalue weighted by molar-refractivity contribution is -0.461. The van der Waals surface area contributed by atoms with Gasteiger partial charge in [-0.2, -0.15) is 0 Å². The van der Waals surface area contributed by atoms with E-state index in [1.54, 1.807) is 24.5 Å². The molecule has 0 radical (unpaired) electrons. The summed E-state index contributed by atoms with van der Waals surface area (Å²) < 4.78 is 0. The molecule has 0 aromatic carbocycles. The first-order chi connectivity index (χ1) is 10.7. The van der Waals surface area contributed by atoms with Crippen LogP contribution in [0.25, 0.3) is 11.4 Å². The molecule has 0 fully saturated rings. The van der Waals surface area contributed by atoms with Gasteiger partial charge in [-0.25, -0.2) is 0 Å². The summed E-state index contributed by atoms with van der Waals surface area (Å²) in [6, 6.07) is 11.3. The van der Waals surface area contributed by atoms with Crippen LogP contribution in [0.15, 0.2) is 60.9 Å². The summed E-state index contributed by atoms with van der Waals surface area (Å²) in [5.41, 5.74) is 3.21. The smallest absolute Gasteiger partial charge is 0.190 e. The van der Waals surface area contributed by atoms with Crippen molar-refractivity contribution in [2.24, 2.45) is 0 Å². The lowest BCUT2D eigenvalue weighted by Gasteiger charge is -2.10. The number of ketones is 1. The van der Waals surface area contributed by atoms with Crippen LogP contribution in [0.2, 0.25) is 0 Å². The van der Waals surface area contributed by atoms with Crippen LogP contribution in [0.1, 0.15) is 18.8 Å². The molecule has 0 spiro atoms. The second-order valence-corrected chi connectivity index (χ2v) is 4.27. The molecule has 2 N–H and O–H groups in total. The molecule has 1 aliphatic heterocycles. The van der Waals surface area contributed by atoms with Crippen LogP contribution in [0.3, 0.4) is 0 Å². The van der Waals surface area contributed by atoms with Crippen molar-refractivity contribution in [2.45, 2.75) is 7.43 Å². The summed E-state index contributed by atoms with van der Waals surface area (Å²) >= 11 is 0. The zero-order valence-corrected chi connectivity index (χ0v) is 11.5. The van der Waals surface area contributed by atoms with Gasteiger partial charge in [0.05, 0.1) is 0 Å². The number of pyridine rings is 2. The van der Waals surface area contributed by atoms with Crippen molar-refractivity contribution < 1.29 is 20.0 Å². The molecule has 0 atom stereocenters. The minimum Gasteiger partial charge on any atom is -0.554 e. The molecule has 0 saturated carbocycles. The maximum atomic E-state index is 11.8. The van der Waals surface area contributed by atoms with E-state index in [0.29, 0.717) is 0 Å². The molecule has 3 heterocycles. The quantitative estimate of drug-likeness (QED) is 0.787. The van der Waals surface area contributed by atoms with Gasteiger partial charge in [0.1, 0.15) is 11.4 Å². The Morgan fingerprint density at radius 2 is 1.35 bits per heavy atom. The highest BCUT2D eigenvalue weighted by Crippen LogP contribution is 2.12. The summed E-state index contributed by atoms with van der Waals surface area (Å²) in [5, 5.41) is 10.2. The normalized spacial score (nSPS) is 12.8. The number of aromatic nitrogens is 2. The number of hydrogen-bond acceptors (Lipinski definition) is 5. The van der Waals surface area contributed by atoms with Gasteiger partial charge in [-0.1, -0.05) is 19.6 Å². The number of carbonyl (C=O) groups is 2. The maximum Gasteiger partial charge on any atom is 0.190 e. The third-order valence-electron chi connectivity index (χ3n) is 2.83. The minimum absolute atomic E-state index is 0. The van der Waals surface area contributed by atoms with Gasteiger partial charge in [0, 0.05) is 31.0 Å². The van der Waals surface area contributed by atoms with Gasteiger partial charge in [-0.3, -0.25) is 20.1 Å². The molecule has 118 valence electrons. The Hall–Kier alpha value is -3.12. The third kappa shape index (κ3) is 4.98. The molecule has 0 saturated heterocycles. The monoisotopic (exact) mass is 311 g/mol. The third-order valence-corrected chi connectivity index (χ3v) is 2.83. The number of nitrogens with zero attached hydrogens (tertiary/aromatic N) is 2. The Morgan fingerprint density at radius 1 is 0.913 bits per heavy atom. The van der Waals surface area contributed by atoms with E-state index in [4.69, 9.17) is 9.90 Å². The number of quaternary nitrogens is 1. The number of allylic oxidation sites excluding steroid dienone is 2. The second kappa shape index (κ2) is 9.01. The lowest BCUT2D eigenvalue weighted by Crippen LogP contribution is -2.79. The highest BCUT2D eigenvalue weighted by Gasteiger charge is 2.20. The molecule has 23 heavy (non-hydrogen) atoms. The highest BCUT2D eigenvalue weighted by molar-refractivity contribution is 6.08. The Kier molecular flexibility index (Phi) is 7.03. The fourth-order valence-corrected chi connectivity index (χ4v) is 1.96. The van der Waals surface area contributed by atoms with Gasteiger partial charge in [-0.15, -0.1) is 0 Å². The van der Waals surface area contributed by atoms with Crippen molar-refractivity contribution in [1.29, 1.82) is 0 Å². The first-order valence-corrected chi connectivity index (χ1v) is 6.45. The van der Waals surface area contributed by atoms with Gasteiger partial charge in [0.25, 0.3) is 0 Å². The molecular weight excluding hydrogens is 294 g/mol. The van der Waals surface area contributed by atoms with Crippen LogP contribution < -0.4 is 10.4 Å². The summed E-state index contributed by atoms with van der Waals surface area (Å²) in [5.74, 6) is -0.0381. The standard InChI is InChI=1S/C15H11N3O.CH2O2.CH4/c19-11-9-14(12-5-1-3-7-16-12)18-15(10-11)13-6-2-4-8-17-13;2-1-3;/h1-10H,(H,18,19);1H,(H,2,3);1H4. The highest BCUT2D eigenvalue weighted by atomic mass is 16.3. The maximum absolute atomic E-state index is 11.8. The van der Waals surface area contributed by atoms with Crippen molar-refractivity contribution >= 4 is 23.6 Å². The summed E-state index contributed by atoms with van der Waals surface area (Å²) in [4.78, 5) is 28.6. The molecule has 0 unspecified atom stereocenters. The number of hydrogen-bond donors (Lipinski definition) is 1. The van der Waals surface area contributed by atoms with E-state index in [9.17, 15) is 4.79 Å². The molecule has 2 aromatic heterocycles. The number of nitrogens with two attached hydrogens (primary N) is 1. The van der Waals surface area contributed by atoms with Crippen LogP contribution in [0, 0.1) is 0 Å². The summed E-state index contributed by atoms with van der Waals surface area (Å²) in [6.45, 7) is -0.500. The average Bonchev–Trinajstić information content (AvgIpc) is 2.57. The summed E-state index contributed by atoms with van der Waals surface area (Å²) in [6.07, 6.45) is 6.62. The molecule has 3 rings (SSSR count). The van der Waals surface area contributed by atoms with E-state index < -0.39 is 6.47 Å². The van der Waals surface area contributed by atoms with E-state index in [-0.39, 0.29) is 13.2 Å². The zero-order valence-electron chi connectivity index (χ0n) is 11.5. The van der Waals surface area contributed by atoms with Gasteiger partial charge < -0.3 is 9.90 Å². The van der Waals surface area contributed by atoms with Crippen molar-refractivity contribution in [3.63, 3.8) is 0 Å². The topological polar surface area (TPSA) is 99.6 Å². The largest absolute Gasteiger partial charge is 0.554 e. The number of rotatable bonds is 2. The molecular formula is C17H17N3O3. The van der Waals surface area contributed by atoms with Crippen molar-refractivity contribution in [3.8, 4) is 0 Å². The summed E-state index contributed by atoms with van der Waals surface area (Å²) in [7, 11) is 0. The first kappa shape index (κ1) is 17.9. The number of carboxylic acid groups (broad SMARTS) is 1. The van der Waals surface area contributed by atoms with Gasteiger partial charge >= 0.3 is 0 Å². The fraction of sp³-hybridized carbons (Fsp3) is 0.0588. The van der Waals surface area contributed by atoms with Gasteiger partial charge in [-0.05, 0) is 24.3 Å². The van der Waals surface area contributed by atoms with E-state index in [1.807, 2.05) is 41.7 Å². The Balaban J connectivity index is 0.000000615. The van der Waals surface area contributed by atoms with E-state index in [1.165, 1.54) is 0 Å². The molecule has 0 bridgehead atoms. The van der Waals surface area contributed by atoms with E-state index in [2.05, 4.69) is 9.97 Å². The second-order valence-electron chi connectivity index (χ2n) is 4.27. The molecule has 6 nitrogen and oxygen atoms in total. The molecule has 1 aliphatic rings. The van der Waals surface area contributed by atoms with Gasteiger partial charge in [0.2, 0.25) is 0 Å². The van der Waals surface area contributed by atoms with Crippen molar-refractivity contribution in [3.05, 3.63) is 72.3 Å². The predicted octanol–water partition coefficient (Wildman–Crippen LogP) is 0.00690. The van der Waals surface area contributed by atoms with E-state index >= 15 is 0 Å². The molecule has 0 amide bonds. The van der Waals surface area contributed by atoms with Crippen molar-refractivity contribution in [1.82, 2.24) is 9.97 Å². The lowest BCUT2D eigenvalue weighted by atomic mass is 10.1.